The van der Waals surface area contributed by atoms with Crippen molar-refractivity contribution >= 4 is 76.1 Å². The quantitative estimate of drug-likeness (QED) is 0.193. The van der Waals surface area contributed by atoms with Crippen molar-refractivity contribution in [1.29, 1.82) is 0 Å². The summed E-state index contributed by atoms with van der Waals surface area (Å²) in [6, 6.07) is 55.0. The highest BCUT2D eigenvalue weighted by atomic mass is 16.3. The fourth-order valence-electron chi connectivity index (χ4n) is 7.37. The molecular formula is C42H25NO. The van der Waals surface area contributed by atoms with Crippen LogP contribution in [0.1, 0.15) is 0 Å². The van der Waals surface area contributed by atoms with Crippen molar-refractivity contribution in [2.75, 3.05) is 0 Å². The first-order chi connectivity index (χ1) is 21.8. The molecule has 0 aliphatic carbocycles. The Morgan fingerprint density at radius 1 is 0.318 bits per heavy atom. The second-order valence-electron chi connectivity index (χ2n) is 11.7. The highest BCUT2D eigenvalue weighted by molar-refractivity contribution is 6.25. The molecule has 0 atom stereocenters. The predicted molar refractivity (Wildman–Crippen MR) is 186 cm³/mol. The Bertz CT molecular complexity index is 2740. The Morgan fingerprint density at radius 3 is 1.59 bits per heavy atom. The van der Waals surface area contributed by atoms with E-state index in [1.807, 2.05) is 12.1 Å². The van der Waals surface area contributed by atoms with Crippen LogP contribution < -0.4 is 0 Å². The molecule has 0 aliphatic rings. The number of hydrogen-bond donors (Lipinski definition) is 0. The lowest BCUT2D eigenvalue weighted by atomic mass is 9.92. The van der Waals surface area contributed by atoms with Crippen LogP contribution in [-0.2, 0) is 0 Å². The zero-order valence-electron chi connectivity index (χ0n) is 23.8. The van der Waals surface area contributed by atoms with Gasteiger partial charge in [-0.15, -0.1) is 0 Å². The number of furan rings is 1. The Labute approximate surface area is 253 Å². The summed E-state index contributed by atoms with van der Waals surface area (Å²) in [6.45, 7) is 0. The Hall–Kier alpha value is -5.86. The molecule has 204 valence electrons. The smallest absolute Gasteiger partial charge is 0.135 e. The molecule has 2 nitrogen and oxygen atoms in total. The first kappa shape index (κ1) is 23.7. The van der Waals surface area contributed by atoms with Gasteiger partial charge in [-0.25, -0.2) is 0 Å². The standard InChI is InChI=1S/C42H25NO/c1-2-11-31-29(9-1)30-10-3-4-12-32(30)36-23-26(17-20-33(31)36)27-18-21-40-37(24-27)34-13-5-7-15-39(34)43(40)28-19-22-42-38(25-28)35-14-6-8-16-41(35)44-42/h1-25H. The van der Waals surface area contributed by atoms with Crippen LogP contribution >= 0.6 is 0 Å². The minimum atomic E-state index is 0.912. The monoisotopic (exact) mass is 559 g/mol. The highest BCUT2D eigenvalue weighted by Gasteiger charge is 2.16. The van der Waals surface area contributed by atoms with Crippen molar-refractivity contribution in [2.45, 2.75) is 0 Å². The minimum Gasteiger partial charge on any atom is -0.456 e. The largest absolute Gasteiger partial charge is 0.456 e. The van der Waals surface area contributed by atoms with Crippen molar-refractivity contribution in [3.05, 3.63) is 152 Å². The van der Waals surface area contributed by atoms with Gasteiger partial charge >= 0.3 is 0 Å². The molecule has 0 aliphatic heterocycles. The summed E-state index contributed by atoms with van der Waals surface area (Å²) in [4.78, 5) is 0. The van der Waals surface area contributed by atoms with E-state index in [9.17, 15) is 0 Å². The molecule has 0 fully saturated rings. The second-order valence-corrected chi connectivity index (χ2v) is 11.7. The van der Waals surface area contributed by atoms with Gasteiger partial charge in [-0.2, -0.15) is 0 Å². The predicted octanol–water partition coefficient (Wildman–Crippen LogP) is 11.8. The molecule has 2 aromatic heterocycles. The van der Waals surface area contributed by atoms with Crippen LogP contribution in [-0.4, -0.2) is 4.57 Å². The van der Waals surface area contributed by atoms with Gasteiger partial charge in [0.25, 0.3) is 0 Å². The Balaban J connectivity index is 1.21. The van der Waals surface area contributed by atoms with E-state index in [2.05, 4.69) is 144 Å². The fraction of sp³-hybridized carbons (Fsp3) is 0. The molecule has 0 N–H and O–H groups in total. The summed E-state index contributed by atoms with van der Waals surface area (Å²) in [6.07, 6.45) is 0. The maximum Gasteiger partial charge on any atom is 0.135 e. The number of benzene rings is 8. The summed E-state index contributed by atoms with van der Waals surface area (Å²) in [5, 5.41) is 12.6. The van der Waals surface area contributed by atoms with E-state index >= 15 is 0 Å². The van der Waals surface area contributed by atoms with Crippen LogP contribution in [0.2, 0.25) is 0 Å². The number of rotatable bonds is 2. The third-order valence-corrected chi connectivity index (χ3v) is 9.37. The van der Waals surface area contributed by atoms with Crippen LogP contribution in [0.4, 0.5) is 0 Å². The van der Waals surface area contributed by atoms with Gasteiger partial charge in [-0.1, -0.05) is 103 Å². The number of fused-ring (bicyclic) bond motifs is 12. The summed E-state index contributed by atoms with van der Waals surface area (Å²) in [5.41, 5.74) is 7.80. The van der Waals surface area contributed by atoms with E-state index in [0.717, 1.165) is 27.6 Å². The Morgan fingerprint density at radius 2 is 0.841 bits per heavy atom. The van der Waals surface area contributed by atoms with Gasteiger partial charge in [-0.05, 0) is 92.0 Å². The average molecular weight is 560 g/mol. The molecule has 2 heterocycles. The van der Waals surface area contributed by atoms with Crippen LogP contribution in [0, 0.1) is 0 Å². The third-order valence-electron chi connectivity index (χ3n) is 9.37. The van der Waals surface area contributed by atoms with E-state index in [-0.39, 0.29) is 0 Å². The molecule has 2 heteroatoms. The molecule has 44 heavy (non-hydrogen) atoms. The summed E-state index contributed by atoms with van der Waals surface area (Å²) in [5.74, 6) is 0. The molecule has 10 aromatic rings. The van der Waals surface area contributed by atoms with Gasteiger partial charge in [-0.3, -0.25) is 0 Å². The van der Waals surface area contributed by atoms with Gasteiger partial charge in [0.1, 0.15) is 11.2 Å². The van der Waals surface area contributed by atoms with Gasteiger partial charge in [0, 0.05) is 27.2 Å². The van der Waals surface area contributed by atoms with Crippen molar-refractivity contribution < 1.29 is 4.42 Å². The lowest BCUT2D eigenvalue weighted by Crippen LogP contribution is -1.93. The minimum absolute atomic E-state index is 0.912. The molecular weight excluding hydrogens is 534 g/mol. The number of hydrogen-bond acceptors (Lipinski definition) is 1. The van der Waals surface area contributed by atoms with Crippen molar-refractivity contribution in [3.63, 3.8) is 0 Å². The van der Waals surface area contributed by atoms with E-state index in [1.54, 1.807) is 0 Å². The number of para-hydroxylation sites is 2. The SMILES string of the molecule is c1ccc2c(c1)oc1ccc(-n3c4ccccc4c4cc(-c5ccc6c7ccccc7c7ccccc7c6c5)ccc43)cc12. The lowest BCUT2D eigenvalue weighted by molar-refractivity contribution is 0.669. The molecule has 0 radical (unpaired) electrons. The maximum atomic E-state index is 6.14. The highest BCUT2D eigenvalue weighted by Crippen LogP contribution is 2.40. The third kappa shape index (κ3) is 3.25. The number of nitrogens with zero attached hydrogens (tertiary/aromatic N) is 1. The average Bonchev–Trinajstić information content (AvgIpc) is 3.63. The normalized spacial score (nSPS) is 12.1. The number of aromatic nitrogens is 1. The van der Waals surface area contributed by atoms with E-state index < -0.39 is 0 Å². The van der Waals surface area contributed by atoms with E-state index in [1.165, 1.54) is 65.3 Å². The lowest BCUT2D eigenvalue weighted by Gasteiger charge is -2.12. The zero-order chi connectivity index (χ0) is 28.8. The zero-order valence-corrected chi connectivity index (χ0v) is 23.8. The van der Waals surface area contributed by atoms with Crippen molar-refractivity contribution in [3.8, 4) is 16.8 Å². The van der Waals surface area contributed by atoms with Gasteiger partial charge in [0.2, 0.25) is 0 Å². The Kier molecular flexibility index (Phi) is 4.75. The van der Waals surface area contributed by atoms with Crippen LogP contribution in [0.15, 0.2) is 156 Å². The molecule has 0 spiro atoms. The summed E-state index contributed by atoms with van der Waals surface area (Å²) in [7, 11) is 0. The fourth-order valence-corrected chi connectivity index (χ4v) is 7.37. The molecule has 10 rings (SSSR count). The first-order valence-corrected chi connectivity index (χ1v) is 15.1. The van der Waals surface area contributed by atoms with Crippen molar-refractivity contribution in [2.24, 2.45) is 0 Å². The van der Waals surface area contributed by atoms with Crippen molar-refractivity contribution in [1.82, 2.24) is 4.57 Å². The molecule has 0 saturated heterocycles. The molecule has 0 unspecified atom stereocenters. The molecule has 0 bridgehead atoms. The van der Waals surface area contributed by atoms with Gasteiger partial charge < -0.3 is 8.98 Å². The summed E-state index contributed by atoms with van der Waals surface area (Å²) < 4.78 is 8.52. The molecule has 0 amide bonds. The second kappa shape index (κ2) is 8.82. The van der Waals surface area contributed by atoms with Crippen LogP contribution in [0.25, 0.3) is 92.9 Å². The van der Waals surface area contributed by atoms with E-state index in [4.69, 9.17) is 4.42 Å². The first-order valence-electron chi connectivity index (χ1n) is 15.1. The van der Waals surface area contributed by atoms with Crippen LogP contribution in [0.5, 0.6) is 0 Å². The molecule has 8 aromatic carbocycles. The maximum absolute atomic E-state index is 6.14. The summed E-state index contributed by atoms with van der Waals surface area (Å²) >= 11 is 0. The topological polar surface area (TPSA) is 18.1 Å². The van der Waals surface area contributed by atoms with Crippen LogP contribution in [0.3, 0.4) is 0 Å². The van der Waals surface area contributed by atoms with E-state index in [0.29, 0.717) is 0 Å². The van der Waals surface area contributed by atoms with Gasteiger partial charge in [0.15, 0.2) is 0 Å². The van der Waals surface area contributed by atoms with Gasteiger partial charge in [0.05, 0.1) is 11.0 Å². The molecule has 0 saturated carbocycles.